The molecule has 23 heavy (non-hydrogen) atoms. The van der Waals surface area contributed by atoms with Gasteiger partial charge in [0.05, 0.1) is 5.39 Å². The molecule has 0 bridgehead atoms. The van der Waals surface area contributed by atoms with E-state index in [1.54, 1.807) is 10.8 Å². The molecule has 4 rings (SSSR count). The maximum Gasteiger partial charge on any atom is 0.312 e. The van der Waals surface area contributed by atoms with Gasteiger partial charge >= 0.3 is 11.9 Å². The molecule has 0 spiro atoms. The topological polar surface area (TPSA) is 62.7 Å². The smallest absolute Gasteiger partial charge is 0.295 e. The van der Waals surface area contributed by atoms with E-state index in [1.165, 1.54) is 17.3 Å². The highest BCUT2D eigenvalue weighted by molar-refractivity contribution is 7.98. The molecule has 2 heterocycles. The molecule has 6 heteroatoms. The number of hydrogen-bond acceptors (Lipinski definition) is 4. The van der Waals surface area contributed by atoms with Crippen LogP contribution in [0.2, 0.25) is 0 Å². The zero-order valence-electron chi connectivity index (χ0n) is 12.1. The number of benzene rings is 2. The first-order valence-corrected chi connectivity index (χ1v) is 8.16. The third kappa shape index (κ3) is 2.68. The molecule has 0 saturated carbocycles. The predicted octanol–water partition coefficient (Wildman–Crippen LogP) is 2.35. The van der Waals surface area contributed by atoms with Crippen LogP contribution in [0.1, 0.15) is 5.56 Å². The van der Waals surface area contributed by atoms with E-state index in [0.717, 1.165) is 16.7 Å². The Balaban J connectivity index is 1.76. The first kappa shape index (κ1) is 13.9. The van der Waals surface area contributed by atoms with E-state index in [9.17, 15) is 4.79 Å². The number of para-hydroxylation sites is 1. The van der Waals surface area contributed by atoms with Crippen LogP contribution in [0, 0.1) is 0 Å². The molecule has 5 nitrogen and oxygen atoms in total. The summed E-state index contributed by atoms with van der Waals surface area (Å²) in [7, 11) is 0. The molecule has 2 aromatic heterocycles. The van der Waals surface area contributed by atoms with Gasteiger partial charge in [-0.15, -0.1) is 0 Å². The molecule has 112 valence electrons. The monoisotopic (exact) mass is 321 g/mol. The summed E-state index contributed by atoms with van der Waals surface area (Å²) in [6, 6.07) is 17.6. The highest BCUT2D eigenvalue weighted by Crippen LogP contribution is 2.17. The lowest BCUT2D eigenvalue weighted by atomic mass is 10.2. The van der Waals surface area contributed by atoms with E-state index in [4.69, 9.17) is 0 Å². The lowest BCUT2D eigenvalue weighted by Crippen LogP contribution is -2.35. The van der Waals surface area contributed by atoms with Gasteiger partial charge in [-0.3, -0.25) is 9.78 Å². The molecule has 0 saturated heterocycles. The Morgan fingerprint density at radius 3 is 2.70 bits per heavy atom. The van der Waals surface area contributed by atoms with Crippen molar-refractivity contribution in [2.45, 2.75) is 10.9 Å². The summed E-state index contributed by atoms with van der Waals surface area (Å²) in [4.78, 5) is 19.7. The highest BCUT2D eigenvalue weighted by atomic mass is 32.2. The second kappa shape index (κ2) is 5.81. The van der Waals surface area contributed by atoms with Crippen LogP contribution < -0.4 is 10.1 Å². The molecule has 0 atom stereocenters. The average molecular weight is 321 g/mol. The van der Waals surface area contributed by atoms with Gasteiger partial charge in [-0.1, -0.05) is 63.8 Å². The van der Waals surface area contributed by atoms with Gasteiger partial charge in [-0.05, 0) is 22.7 Å². The second-order valence-corrected chi connectivity index (χ2v) is 6.05. The summed E-state index contributed by atoms with van der Waals surface area (Å²) >= 11 is 1.49. The first-order chi connectivity index (χ1) is 11.3. The Bertz CT molecular complexity index is 1050. The summed E-state index contributed by atoms with van der Waals surface area (Å²) in [6.07, 6.45) is 1.58. The van der Waals surface area contributed by atoms with Gasteiger partial charge in [0.1, 0.15) is 0 Å². The molecular formula is C17H13N4OS+. The van der Waals surface area contributed by atoms with Crippen LogP contribution in [-0.2, 0) is 5.75 Å². The van der Waals surface area contributed by atoms with Gasteiger partial charge < -0.3 is 0 Å². The van der Waals surface area contributed by atoms with E-state index < -0.39 is 0 Å². The Labute approximate surface area is 136 Å². The van der Waals surface area contributed by atoms with Gasteiger partial charge in [-0.2, -0.15) is 0 Å². The van der Waals surface area contributed by atoms with Crippen molar-refractivity contribution in [2.75, 3.05) is 0 Å². The fraction of sp³-hybridized carbons (Fsp3) is 0.0588. The summed E-state index contributed by atoms with van der Waals surface area (Å²) in [5.41, 5.74) is 2.32. The molecule has 0 radical (unpaired) electrons. The number of H-pyrrole nitrogens is 1. The van der Waals surface area contributed by atoms with E-state index in [0.29, 0.717) is 10.7 Å². The predicted molar refractivity (Wildman–Crippen MR) is 89.3 cm³/mol. The van der Waals surface area contributed by atoms with Crippen LogP contribution in [0.3, 0.4) is 0 Å². The van der Waals surface area contributed by atoms with Crippen molar-refractivity contribution in [1.29, 1.82) is 0 Å². The number of thioether (sulfide) groups is 1. The number of rotatable bonds is 3. The quantitative estimate of drug-likeness (QED) is 0.357. The minimum Gasteiger partial charge on any atom is -0.295 e. The normalized spacial score (nSPS) is 11.1. The van der Waals surface area contributed by atoms with Gasteiger partial charge in [0.2, 0.25) is 10.7 Å². The molecule has 0 amide bonds. The molecular weight excluding hydrogens is 308 g/mol. The number of nitrogens with one attached hydrogen (secondary N) is 1. The lowest BCUT2D eigenvalue weighted by molar-refractivity contribution is -0.589. The number of nitrogens with zero attached hydrogens (tertiary/aromatic N) is 3. The third-order valence-corrected chi connectivity index (χ3v) is 4.48. The average Bonchev–Trinajstić information content (AvgIpc) is 2.60. The maximum atomic E-state index is 12.5. The maximum absolute atomic E-state index is 12.5. The summed E-state index contributed by atoms with van der Waals surface area (Å²) < 4.78 is 1.55. The summed E-state index contributed by atoms with van der Waals surface area (Å²) in [6.45, 7) is 0. The van der Waals surface area contributed by atoms with Crippen LogP contribution in [-0.4, -0.2) is 15.1 Å². The molecule has 0 aliphatic carbocycles. The zero-order chi connectivity index (χ0) is 15.6. The van der Waals surface area contributed by atoms with Crippen molar-refractivity contribution in [3.8, 4) is 0 Å². The van der Waals surface area contributed by atoms with E-state index in [2.05, 4.69) is 15.1 Å². The first-order valence-electron chi connectivity index (χ1n) is 7.18. The van der Waals surface area contributed by atoms with E-state index in [1.807, 2.05) is 54.6 Å². The van der Waals surface area contributed by atoms with Gasteiger partial charge in [0.25, 0.3) is 0 Å². The number of hydrogen-bond donors (Lipinski definition) is 1. The Hall–Kier alpha value is -2.73. The molecule has 2 aromatic carbocycles. The van der Waals surface area contributed by atoms with Gasteiger partial charge in [-0.25, -0.2) is 0 Å². The lowest BCUT2D eigenvalue weighted by Gasteiger charge is -2.01. The van der Waals surface area contributed by atoms with Crippen LogP contribution in [0.4, 0.5) is 0 Å². The van der Waals surface area contributed by atoms with Crippen LogP contribution in [0.25, 0.3) is 16.4 Å². The summed E-state index contributed by atoms with van der Waals surface area (Å²) in [5, 5.41) is 5.83. The molecule has 0 aliphatic rings. The van der Waals surface area contributed by atoms with Crippen LogP contribution in [0.15, 0.2) is 70.9 Å². The molecule has 0 aliphatic heterocycles. The van der Waals surface area contributed by atoms with Crippen LogP contribution >= 0.6 is 11.8 Å². The minimum absolute atomic E-state index is 0.158. The summed E-state index contributed by atoms with van der Waals surface area (Å²) in [5.74, 6) is 0.747. The molecule has 4 aromatic rings. The van der Waals surface area contributed by atoms with Crippen molar-refractivity contribution < 1.29 is 4.52 Å². The zero-order valence-corrected chi connectivity index (χ0v) is 13.0. The number of aromatic amines is 1. The SMILES string of the molecule is O=c1[nH]c(SCc2ccccc2)n[n+]2cnc3ccccc3c12. The molecule has 0 fully saturated rings. The Morgan fingerprint density at radius 1 is 1.04 bits per heavy atom. The van der Waals surface area contributed by atoms with E-state index >= 15 is 0 Å². The minimum atomic E-state index is -0.158. The largest absolute Gasteiger partial charge is 0.312 e. The fourth-order valence-corrected chi connectivity index (χ4v) is 3.26. The van der Waals surface area contributed by atoms with Crippen molar-refractivity contribution in [2.24, 2.45) is 0 Å². The Morgan fingerprint density at radius 2 is 1.83 bits per heavy atom. The molecule has 1 N–H and O–H groups in total. The third-order valence-electron chi connectivity index (χ3n) is 3.55. The van der Waals surface area contributed by atoms with Crippen molar-refractivity contribution in [3.63, 3.8) is 0 Å². The second-order valence-electron chi connectivity index (χ2n) is 5.09. The van der Waals surface area contributed by atoms with Crippen molar-refractivity contribution in [3.05, 3.63) is 76.8 Å². The van der Waals surface area contributed by atoms with E-state index in [-0.39, 0.29) is 5.56 Å². The van der Waals surface area contributed by atoms with Gasteiger partial charge in [0.15, 0.2) is 5.52 Å². The Kier molecular flexibility index (Phi) is 3.51. The van der Waals surface area contributed by atoms with Crippen molar-refractivity contribution in [1.82, 2.24) is 15.1 Å². The fourth-order valence-electron chi connectivity index (χ4n) is 2.46. The standard InChI is InChI=1S/C17H12N4OS/c22-16-15-13-8-4-5-9-14(13)18-11-21(15)20-17(19-16)23-10-12-6-2-1-3-7-12/h1-9,11H,10H2/p+1. The number of fused-ring (bicyclic) bond motifs is 3. The number of aromatic nitrogens is 4. The van der Waals surface area contributed by atoms with Crippen LogP contribution in [0.5, 0.6) is 0 Å². The van der Waals surface area contributed by atoms with Gasteiger partial charge in [0, 0.05) is 5.75 Å². The molecule has 0 unspecified atom stereocenters. The highest BCUT2D eigenvalue weighted by Gasteiger charge is 2.14. The van der Waals surface area contributed by atoms with Crippen molar-refractivity contribution >= 4 is 28.2 Å².